The Bertz CT molecular complexity index is 1090. The second-order valence-corrected chi connectivity index (χ2v) is 6.97. The molecule has 2 aromatic carbocycles. The van der Waals surface area contributed by atoms with Gasteiger partial charge in [-0.1, -0.05) is 65.4 Å². The van der Waals surface area contributed by atoms with Crippen LogP contribution in [-0.2, 0) is 11.3 Å². The standard InChI is InChI=1S/C20H18N6O2S/c1-2-26-17(14-9-5-3-6-10-14)22-25-20(26)29-13-16(27)21-19-24-23-18(28-19)15-11-7-4-8-12-15/h3-12H,2,13H2,1H3,(H,21,24,27). The SMILES string of the molecule is CCn1c(SCC(=O)Nc2nnc(-c3ccccc3)o2)nnc1-c1ccccc1. The Balaban J connectivity index is 1.39. The van der Waals surface area contributed by atoms with Gasteiger partial charge in [-0.05, 0) is 19.1 Å². The van der Waals surface area contributed by atoms with Gasteiger partial charge < -0.3 is 8.98 Å². The van der Waals surface area contributed by atoms with Crippen molar-refractivity contribution in [2.24, 2.45) is 0 Å². The topological polar surface area (TPSA) is 98.7 Å². The fourth-order valence-electron chi connectivity index (χ4n) is 2.74. The van der Waals surface area contributed by atoms with Crippen molar-refractivity contribution in [1.82, 2.24) is 25.0 Å². The van der Waals surface area contributed by atoms with Crippen LogP contribution in [0.3, 0.4) is 0 Å². The van der Waals surface area contributed by atoms with Crippen molar-refractivity contribution in [1.29, 1.82) is 0 Å². The summed E-state index contributed by atoms with van der Waals surface area (Å²) in [6.45, 7) is 2.72. The lowest BCUT2D eigenvalue weighted by atomic mass is 10.2. The molecule has 1 amide bonds. The summed E-state index contributed by atoms with van der Waals surface area (Å²) in [6, 6.07) is 19.3. The first-order valence-electron chi connectivity index (χ1n) is 9.05. The molecule has 0 unspecified atom stereocenters. The molecule has 4 aromatic rings. The van der Waals surface area contributed by atoms with E-state index in [1.165, 1.54) is 11.8 Å². The molecule has 0 radical (unpaired) electrons. The minimum Gasteiger partial charge on any atom is -0.403 e. The van der Waals surface area contributed by atoms with E-state index in [-0.39, 0.29) is 17.7 Å². The van der Waals surface area contributed by atoms with E-state index in [1.54, 1.807) is 0 Å². The summed E-state index contributed by atoms with van der Waals surface area (Å²) in [7, 11) is 0. The van der Waals surface area contributed by atoms with Crippen molar-refractivity contribution in [3.05, 3.63) is 60.7 Å². The van der Waals surface area contributed by atoms with E-state index in [9.17, 15) is 4.79 Å². The number of carbonyl (C=O) groups excluding carboxylic acids is 1. The molecule has 0 aliphatic heterocycles. The quantitative estimate of drug-likeness (QED) is 0.467. The Kier molecular flexibility index (Phi) is 5.66. The van der Waals surface area contributed by atoms with Crippen molar-refractivity contribution in [2.75, 3.05) is 11.1 Å². The predicted molar refractivity (Wildman–Crippen MR) is 110 cm³/mol. The summed E-state index contributed by atoms with van der Waals surface area (Å²) in [6.07, 6.45) is 0. The van der Waals surface area contributed by atoms with Crippen LogP contribution < -0.4 is 5.32 Å². The molecule has 2 aromatic heterocycles. The molecule has 0 atom stereocenters. The molecule has 0 aliphatic carbocycles. The van der Waals surface area contributed by atoms with E-state index in [0.717, 1.165) is 17.0 Å². The Hall–Kier alpha value is -3.46. The van der Waals surface area contributed by atoms with Crippen LogP contribution in [0.25, 0.3) is 22.8 Å². The fraction of sp³-hybridized carbons (Fsp3) is 0.150. The molecule has 0 bridgehead atoms. The van der Waals surface area contributed by atoms with Gasteiger partial charge in [0, 0.05) is 17.7 Å². The van der Waals surface area contributed by atoms with Crippen LogP contribution in [0.4, 0.5) is 6.01 Å². The number of hydrogen-bond donors (Lipinski definition) is 1. The minimum atomic E-state index is -0.259. The Morgan fingerprint density at radius 1 is 0.966 bits per heavy atom. The second kappa shape index (κ2) is 8.70. The maximum absolute atomic E-state index is 12.3. The van der Waals surface area contributed by atoms with Gasteiger partial charge in [0.2, 0.25) is 11.8 Å². The Morgan fingerprint density at radius 2 is 1.66 bits per heavy atom. The lowest BCUT2D eigenvalue weighted by molar-refractivity contribution is -0.113. The van der Waals surface area contributed by atoms with Crippen LogP contribution in [0.5, 0.6) is 0 Å². The van der Waals surface area contributed by atoms with Gasteiger partial charge >= 0.3 is 6.01 Å². The molecule has 29 heavy (non-hydrogen) atoms. The highest BCUT2D eigenvalue weighted by molar-refractivity contribution is 7.99. The van der Waals surface area contributed by atoms with Gasteiger partial charge in [-0.3, -0.25) is 10.1 Å². The molecule has 0 saturated heterocycles. The predicted octanol–water partition coefficient (Wildman–Crippen LogP) is 3.75. The second-order valence-electron chi connectivity index (χ2n) is 6.03. The molecule has 0 spiro atoms. The van der Waals surface area contributed by atoms with Crippen LogP contribution >= 0.6 is 11.8 Å². The van der Waals surface area contributed by atoms with E-state index >= 15 is 0 Å². The van der Waals surface area contributed by atoms with Gasteiger partial charge in [-0.15, -0.1) is 15.3 Å². The first-order chi connectivity index (χ1) is 14.2. The third-order valence-electron chi connectivity index (χ3n) is 4.09. The summed E-state index contributed by atoms with van der Waals surface area (Å²) >= 11 is 1.31. The zero-order valence-electron chi connectivity index (χ0n) is 15.6. The zero-order chi connectivity index (χ0) is 20.1. The summed E-state index contributed by atoms with van der Waals surface area (Å²) in [5.74, 6) is 1.02. The van der Waals surface area contributed by atoms with Crippen molar-refractivity contribution in [2.45, 2.75) is 18.6 Å². The highest BCUT2D eigenvalue weighted by Crippen LogP contribution is 2.24. The number of hydrogen-bond acceptors (Lipinski definition) is 7. The molecule has 4 rings (SSSR count). The van der Waals surface area contributed by atoms with Crippen molar-refractivity contribution >= 4 is 23.7 Å². The summed E-state index contributed by atoms with van der Waals surface area (Å²) in [5.41, 5.74) is 1.77. The van der Waals surface area contributed by atoms with E-state index in [2.05, 4.69) is 25.7 Å². The fourth-order valence-corrected chi connectivity index (χ4v) is 3.54. The van der Waals surface area contributed by atoms with Crippen LogP contribution in [0.1, 0.15) is 6.92 Å². The lowest BCUT2D eigenvalue weighted by Crippen LogP contribution is -2.15. The molecule has 146 valence electrons. The smallest absolute Gasteiger partial charge is 0.322 e. The molecule has 0 fully saturated rings. The zero-order valence-corrected chi connectivity index (χ0v) is 16.5. The third kappa shape index (κ3) is 4.35. The Labute approximate surface area is 171 Å². The monoisotopic (exact) mass is 406 g/mol. The van der Waals surface area contributed by atoms with Crippen molar-refractivity contribution < 1.29 is 9.21 Å². The highest BCUT2D eigenvalue weighted by Gasteiger charge is 2.16. The number of nitrogens with one attached hydrogen (secondary N) is 1. The van der Waals surface area contributed by atoms with Gasteiger partial charge in [0.25, 0.3) is 0 Å². The number of benzene rings is 2. The number of amides is 1. The first kappa shape index (κ1) is 18.9. The number of thioether (sulfide) groups is 1. The van der Waals surface area contributed by atoms with Crippen LogP contribution in [0.15, 0.2) is 70.2 Å². The summed E-state index contributed by atoms with van der Waals surface area (Å²) in [5, 5.41) is 19.6. The number of anilines is 1. The summed E-state index contributed by atoms with van der Waals surface area (Å²) in [4.78, 5) is 12.3. The van der Waals surface area contributed by atoms with Gasteiger partial charge in [0.05, 0.1) is 5.75 Å². The van der Waals surface area contributed by atoms with Crippen LogP contribution in [-0.4, -0.2) is 36.6 Å². The largest absolute Gasteiger partial charge is 0.403 e. The van der Waals surface area contributed by atoms with Gasteiger partial charge in [0.1, 0.15) is 0 Å². The van der Waals surface area contributed by atoms with E-state index < -0.39 is 0 Å². The molecule has 0 saturated carbocycles. The van der Waals surface area contributed by atoms with Gasteiger partial charge in [0.15, 0.2) is 11.0 Å². The molecule has 8 nitrogen and oxygen atoms in total. The van der Waals surface area contributed by atoms with Crippen LogP contribution in [0.2, 0.25) is 0 Å². The molecular weight excluding hydrogens is 388 g/mol. The van der Waals surface area contributed by atoms with E-state index in [4.69, 9.17) is 4.42 Å². The maximum Gasteiger partial charge on any atom is 0.322 e. The van der Waals surface area contributed by atoms with E-state index in [1.807, 2.05) is 72.2 Å². The summed E-state index contributed by atoms with van der Waals surface area (Å²) < 4.78 is 7.48. The highest BCUT2D eigenvalue weighted by atomic mass is 32.2. The van der Waals surface area contributed by atoms with Gasteiger partial charge in [-0.2, -0.15) is 0 Å². The maximum atomic E-state index is 12.3. The molecule has 9 heteroatoms. The number of rotatable bonds is 7. The lowest BCUT2D eigenvalue weighted by Gasteiger charge is -2.07. The Morgan fingerprint density at radius 3 is 2.34 bits per heavy atom. The normalized spacial score (nSPS) is 10.8. The molecule has 1 N–H and O–H groups in total. The number of aromatic nitrogens is 5. The average molecular weight is 406 g/mol. The van der Waals surface area contributed by atoms with Crippen molar-refractivity contribution in [3.8, 4) is 22.8 Å². The van der Waals surface area contributed by atoms with Crippen molar-refractivity contribution in [3.63, 3.8) is 0 Å². The first-order valence-corrected chi connectivity index (χ1v) is 10.0. The third-order valence-corrected chi connectivity index (χ3v) is 5.06. The van der Waals surface area contributed by atoms with Gasteiger partial charge in [-0.25, -0.2) is 0 Å². The number of carbonyl (C=O) groups is 1. The number of nitrogens with zero attached hydrogens (tertiary/aromatic N) is 5. The molecular formula is C20H18N6O2S. The van der Waals surface area contributed by atoms with Crippen LogP contribution in [0, 0.1) is 0 Å². The molecule has 0 aliphatic rings. The molecule has 2 heterocycles. The minimum absolute atomic E-state index is 0.0661. The average Bonchev–Trinajstić information content (AvgIpc) is 3.40. The van der Waals surface area contributed by atoms with E-state index in [0.29, 0.717) is 17.6 Å².